The van der Waals surface area contributed by atoms with E-state index < -0.39 is 16.0 Å². The van der Waals surface area contributed by atoms with E-state index in [1.165, 1.54) is 0 Å². The molecular formula is C12H22FNO2S. The molecule has 0 bridgehead atoms. The Kier molecular flexibility index (Phi) is 3.28. The Morgan fingerprint density at radius 3 is 2.35 bits per heavy atom. The first-order chi connectivity index (χ1) is 7.73. The molecular weight excluding hydrogens is 241 g/mol. The summed E-state index contributed by atoms with van der Waals surface area (Å²) in [5.41, 5.74) is -0.314. The van der Waals surface area contributed by atoms with E-state index in [2.05, 4.69) is 13.8 Å². The molecule has 2 rings (SSSR count). The molecule has 0 aromatic rings. The van der Waals surface area contributed by atoms with Gasteiger partial charge in [-0.05, 0) is 31.7 Å². The Bertz CT molecular complexity index is 381. The fraction of sp³-hybridized carbons (Fsp3) is 1.00. The maximum absolute atomic E-state index is 14.0. The van der Waals surface area contributed by atoms with E-state index in [1.54, 1.807) is 0 Å². The number of nitrogens with zero attached hydrogens (tertiary/aromatic N) is 1. The number of hydrogen-bond acceptors (Lipinski definition) is 3. The van der Waals surface area contributed by atoms with Crippen LogP contribution in [0.1, 0.15) is 27.2 Å². The summed E-state index contributed by atoms with van der Waals surface area (Å²) in [6, 6.07) is 0. The van der Waals surface area contributed by atoms with Crippen LogP contribution in [0.25, 0.3) is 0 Å². The number of likely N-dealkylation sites (tertiary alicyclic amines) is 1. The minimum Gasteiger partial charge on any atom is -0.293 e. The van der Waals surface area contributed by atoms with E-state index in [9.17, 15) is 12.8 Å². The molecule has 3 nitrogen and oxygen atoms in total. The zero-order chi connectivity index (χ0) is 12.8. The van der Waals surface area contributed by atoms with Gasteiger partial charge in [0.05, 0.1) is 11.5 Å². The molecule has 2 aliphatic heterocycles. The van der Waals surface area contributed by atoms with Crippen LogP contribution < -0.4 is 0 Å². The Morgan fingerprint density at radius 1 is 1.35 bits per heavy atom. The lowest BCUT2D eigenvalue weighted by atomic mass is 9.83. The van der Waals surface area contributed by atoms with E-state index in [-0.39, 0.29) is 23.0 Å². The first-order valence-corrected chi connectivity index (χ1v) is 8.15. The van der Waals surface area contributed by atoms with E-state index in [0.29, 0.717) is 12.5 Å². The van der Waals surface area contributed by atoms with E-state index in [1.807, 2.05) is 11.8 Å². The van der Waals surface area contributed by atoms with Crippen LogP contribution in [0.3, 0.4) is 0 Å². The predicted octanol–water partition coefficient (Wildman–Crippen LogP) is 1.49. The molecule has 5 heteroatoms. The zero-order valence-corrected chi connectivity index (χ0v) is 11.6. The molecule has 0 aromatic carbocycles. The third-order valence-corrected chi connectivity index (χ3v) is 6.40. The highest BCUT2D eigenvalue weighted by molar-refractivity contribution is 7.93. The van der Waals surface area contributed by atoms with Crippen molar-refractivity contribution in [3.8, 4) is 0 Å². The van der Waals surface area contributed by atoms with Crippen LogP contribution in [0.15, 0.2) is 0 Å². The number of alkyl halides is 1. The van der Waals surface area contributed by atoms with Gasteiger partial charge in [0.25, 0.3) is 0 Å². The molecule has 0 spiro atoms. The van der Waals surface area contributed by atoms with Crippen LogP contribution in [-0.4, -0.2) is 49.6 Å². The second-order valence-electron chi connectivity index (χ2n) is 6.19. The normalized spacial score (nSPS) is 36.8. The van der Waals surface area contributed by atoms with Crippen LogP contribution in [0.2, 0.25) is 0 Å². The molecule has 0 saturated carbocycles. The Hall–Kier alpha value is -0.160. The SMILES string of the molecule is CC(C)C1CCN(C2(C)CS(=O)(=O)C2)CC1F. The lowest BCUT2D eigenvalue weighted by Crippen LogP contribution is -2.66. The van der Waals surface area contributed by atoms with Crippen molar-refractivity contribution in [2.24, 2.45) is 11.8 Å². The van der Waals surface area contributed by atoms with Crippen molar-refractivity contribution >= 4 is 9.84 Å². The van der Waals surface area contributed by atoms with Gasteiger partial charge in [0, 0.05) is 12.1 Å². The van der Waals surface area contributed by atoms with Gasteiger partial charge in [0.1, 0.15) is 6.17 Å². The monoisotopic (exact) mass is 263 g/mol. The van der Waals surface area contributed by atoms with Gasteiger partial charge >= 0.3 is 0 Å². The van der Waals surface area contributed by atoms with Crippen LogP contribution in [0.5, 0.6) is 0 Å². The third kappa shape index (κ3) is 2.50. The van der Waals surface area contributed by atoms with Crippen LogP contribution in [0, 0.1) is 11.8 Å². The second-order valence-corrected chi connectivity index (χ2v) is 8.25. The van der Waals surface area contributed by atoms with Crippen LogP contribution in [-0.2, 0) is 9.84 Å². The number of halogens is 1. The summed E-state index contributed by atoms with van der Waals surface area (Å²) >= 11 is 0. The Morgan fingerprint density at radius 2 is 1.94 bits per heavy atom. The van der Waals surface area contributed by atoms with E-state index >= 15 is 0 Å². The van der Waals surface area contributed by atoms with Gasteiger partial charge in [-0.2, -0.15) is 0 Å². The predicted molar refractivity (Wildman–Crippen MR) is 66.5 cm³/mol. The summed E-state index contributed by atoms with van der Waals surface area (Å²) in [5.74, 6) is 0.884. The summed E-state index contributed by atoms with van der Waals surface area (Å²) < 4.78 is 36.6. The first-order valence-electron chi connectivity index (χ1n) is 6.33. The minimum absolute atomic E-state index is 0.131. The number of rotatable bonds is 2. The molecule has 2 fully saturated rings. The largest absolute Gasteiger partial charge is 0.293 e. The summed E-state index contributed by atoms with van der Waals surface area (Å²) in [6.45, 7) is 7.28. The van der Waals surface area contributed by atoms with E-state index in [4.69, 9.17) is 0 Å². The van der Waals surface area contributed by atoms with Crippen molar-refractivity contribution in [2.45, 2.75) is 38.9 Å². The van der Waals surface area contributed by atoms with Gasteiger partial charge in [-0.1, -0.05) is 13.8 Å². The van der Waals surface area contributed by atoms with Crippen LogP contribution in [0.4, 0.5) is 4.39 Å². The standard InChI is InChI=1S/C12H22FNO2S/c1-9(2)10-4-5-14(6-11(10)13)12(3)7-17(15,16)8-12/h9-11H,4-8H2,1-3H3. The summed E-state index contributed by atoms with van der Waals surface area (Å²) in [5, 5.41) is 0. The molecule has 0 amide bonds. The highest BCUT2D eigenvalue weighted by atomic mass is 32.2. The molecule has 2 saturated heterocycles. The smallest absolute Gasteiger partial charge is 0.153 e. The average Bonchev–Trinajstić information content (AvgIpc) is 2.13. The van der Waals surface area contributed by atoms with Crippen molar-refractivity contribution in [3.05, 3.63) is 0 Å². The average molecular weight is 263 g/mol. The highest BCUT2D eigenvalue weighted by Crippen LogP contribution is 2.35. The molecule has 0 N–H and O–H groups in total. The molecule has 2 unspecified atom stereocenters. The second kappa shape index (κ2) is 4.19. The molecule has 2 aliphatic rings. The topological polar surface area (TPSA) is 37.4 Å². The number of piperidine rings is 1. The van der Waals surface area contributed by atoms with E-state index in [0.717, 1.165) is 13.0 Å². The third-order valence-electron chi connectivity index (χ3n) is 4.27. The lowest BCUT2D eigenvalue weighted by Gasteiger charge is -2.50. The minimum atomic E-state index is -2.85. The van der Waals surface area contributed by atoms with Gasteiger partial charge < -0.3 is 0 Å². The molecule has 17 heavy (non-hydrogen) atoms. The molecule has 100 valence electrons. The number of hydrogen-bond donors (Lipinski definition) is 0. The van der Waals surface area contributed by atoms with Gasteiger partial charge in [0.15, 0.2) is 9.84 Å². The molecule has 2 heterocycles. The maximum Gasteiger partial charge on any atom is 0.153 e. The Labute approximate surface area is 103 Å². The van der Waals surface area contributed by atoms with Gasteiger partial charge in [0.2, 0.25) is 0 Å². The van der Waals surface area contributed by atoms with Crippen molar-refractivity contribution in [1.29, 1.82) is 0 Å². The fourth-order valence-electron chi connectivity index (χ4n) is 3.25. The number of sulfone groups is 1. The molecule has 2 atom stereocenters. The highest BCUT2D eigenvalue weighted by Gasteiger charge is 2.50. The summed E-state index contributed by atoms with van der Waals surface area (Å²) in [6.07, 6.45) is 0.0259. The van der Waals surface area contributed by atoms with Crippen molar-refractivity contribution < 1.29 is 12.8 Å². The molecule has 0 aromatic heterocycles. The maximum atomic E-state index is 14.0. The van der Waals surface area contributed by atoms with Crippen molar-refractivity contribution in [3.63, 3.8) is 0 Å². The zero-order valence-electron chi connectivity index (χ0n) is 10.8. The van der Waals surface area contributed by atoms with Crippen LogP contribution >= 0.6 is 0 Å². The summed E-state index contributed by atoms with van der Waals surface area (Å²) in [4.78, 5) is 2.04. The van der Waals surface area contributed by atoms with Gasteiger partial charge in [-0.3, -0.25) is 4.90 Å². The van der Waals surface area contributed by atoms with Crippen molar-refractivity contribution in [1.82, 2.24) is 4.90 Å². The first kappa shape index (κ1) is 13.3. The Balaban J connectivity index is 1.99. The van der Waals surface area contributed by atoms with Gasteiger partial charge in [-0.25, -0.2) is 12.8 Å². The molecule has 0 aliphatic carbocycles. The summed E-state index contributed by atoms with van der Waals surface area (Å²) in [7, 11) is -2.85. The van der Waals surface area contributed by atoms with Gasteiger partial charge in [-0.15, -0.1) is 0 Å². The fourth-order valence-corrected chi connectivity index (χ4v) is 5.43. The quantitative estimate of drug-likeness (QED) is 0.757. The van der Waals surface area contributed by atoms with Crippen molar-refractivity contribution in [2.75, 3.05) is 24.6 Å². The lowest BCUT2D eigenvalue weighted by molar-refractivity contribution is 0.0105. The molecule has 0 radical (unpaired) electrons.